The van der Waals surface area contributed by atoms with Gasteiger partial charge in [-0.2, -0.15) is 4.98 Å². The molecule has 2 heterocycles. The van der Waals surface area contributed by atoms with Crippen LogP contribution in [0.3, 0.4) is 0 Å². The molecule has 0 aliphatic rings. The molecular formula is C19H24Cl2N4OSi. The molecule has 0 spiro atoms. The van der Waals surface area contributed by atoms with Crippen LogP contribution in [0.4, 0.5) is 5.69 Å². The first-order chi connectivity index (χ1) is 12.8. The van der Waals surface area contributed by atoms with Crippen molar-refractivity contribution in [1.29, 1.82) is 0 Å². The number of benzene rings is 1. The number of nitrogens with one attached hydrogen (secondary N) is 1. The molecule has 3 aromatic rings. The molecule has 27 heavy (non-hydrogen) atoms. The second kappa shape index (κ2) is 8.18. The van der Waals surface area contributed by atoms with Crippen molar-refractivity contribution in [2.75, 3.05) is 19.0 Å². The van der Waals surface area contributed by atoms with E-state index in [-0.39, 0.29) is 5.28 Å². The molecule has 0 radical (unpaired) electrons. The zero-order chi connectivity index (χ0) is 19.6. The van der Waals surface area contributed by atoms with Crippen molar-refractivity contribution in [1.82, 2.24) is 14.5 Å². The van der Waals surface area contributed by atoms with Crippen molar-refractivity contribution < 1.29 is 4.74 Å². The van der Waals surface area contributed by atoms with Crippen LogP contribution in [0, 0.1) is 0 Å². The lowest BCUT2D eigenvalue weighted by Gasteiger charge is -2.15. The third-order valence-electron chi connectivity index (χ3n) is 4.29. The molecule has 0 bridgehead atoms. The summed E-state index contributed by atoms with van der Waals surface area (Å²) in [6.07, 6.45) is 1.83. The fourth-order valence-electron chi connectivity index (χ4n) is 2.78. The number of fused-ring (bicyclic) bond motifs is 1. The van der Waals surface area contributed by atoms with Gasteiger partial charge in [0.1, 0.15) is 12.4 Å². The predicted octanol–water partition coefficient (Wildman–Crippen LogP) is 5.76. The Kier molecular flexibility index (Phi) is 6.10. The third kappa shape index (κ3) is 4.82. The molecule has 0 aliphatic heterocycles. The quantitative estimate of drug-likeness (QED) is 0.298. The van der Waals surface area contributed by atoms with E-state index in [1.165, 1.54) is 0 Å². The fraction of sp³-hybridized carbons (Fsp3) is 0.368. The molecule has 8 heteroatoms. The number of anilines is 1. The van der Waals surface area contributed by atoms with Crippen LogP contribution >= 0.6 is 23.2 Å². The first kappa shape index (κ1) is 20.1. The number of nitrogens with zero attached hydrogens (tertiary/aromatic N) is 3. The highest BCUT2D eigenvalue weighted by Crippen LogP contribution is 2.34. The Bertz CT molecular complexity index is 953. The normalized spacial score (nSPS) is 11.9. The van der Waals surface area contributed by atoms with E-state index >= 15 is 0 Å². The van der Waals surface area contributed by atoms with Crippen LogP contribution in [-0.4, -0.2) is 36.3 Å². The van der Waals surface area contributed by atoms with Crippen LogP contribution in [0.25, 0.3) is 22.3 Å². The molecule has 0 aliphatic carbocycles. The van der Waals surface area contributed by atoms with Gasteiger partial charge in [-0.15, -0.1) is 0 Å². The summed E-state index contributed by atoms with van der Waals surface area (Å²) in [5.41, 5.74) is 3.31. The van der Waals surface area contributed by atoms with Crippen LogP contribution in [0.2, 0.25) is 36.0 Å². The van der Waals surface area contributed by atoms with Crippen LogP contribution in [0.1, 0.15) is 0 Å². The van der Waals surface area contributed by atoms with Gasteiger partial charge in [-0.1, -0.05) is 43.4 Å². The van der Waals surface area contributed by atoms with E-state index in [9.17, 15) is 0 Å². The number of halogens is 2. The average molecular weight is 423 g/mol. The Morgan fingerprint density at radius 3 is 2.67 bits per heavy atom. The van der Waals surface area contributed by atoms with Crippen LogP contribution < -0.4 is 5.32 Å². The molecule has 0 atom stereocenters. The number of ether oxygens (including phenoxy) is 1. The van der Waals surface area contributed by atoms with E-state index < -0.39 is 8.07 Å². The number of hydrogen-bond donors (Lipinski definition) is 1. The van der Waals surface area contributed by atoms with Gasteiger partial charge in [0.25, 0.3) is 0 Å². The van der Waals surface area contributed by atoms with Gasteiger partial charge >= 0.3 is 0 Å². The van der Waals surface area contributed by atoms with Gasteiger partial charge in [0.2, 0.25) is 5.28 Å². The number of hydrogen-bond acceptors (Lipinski definition) is 4. The average Bonchev–Trinajstić information content (AvgIpc) is 2.93. The van der Waals surface area contributed by atoms with Gasteiger partial charge in [0, 0.05) is 39.2 Å². The highest BCUT2D eigenvalue weighted by Gasteiger charge is 2.18. The summed E-state index contributed by atoms with van der Waals surface area (Å²) in [6.45, 7) is 8.10. The third-order valence-corrected chi connectivity index (χ3v) is 6.45. The standard InChI is InChI=1S/C19H24Cl2N4OSi/c1-22-14-7-5-6-13(10-14)17-16-15(20)11-25(18(16)24-19(21)23-17)12-26-8-9-27(2,3)4/h5-7,10-11,22H,8-9,12H2,1-4H3. The Hall–Kier alpha value is -1.60. The summed E-state index contributed by atoms with van der Waals surface area (Å²) in [4.78, 5) is 8.84. The Labute approximate surface area is 170 Å². The lowest BCUT2D eigenvalue weighted by Crippen LogP contribution is -2.22. The minimum Gasteiger partial charge on any atom is -0.388 e. The van der Waals surface area contributed by atoms with Crippen molar-refractivity contribution in [2.45, 2.75) is 32.4 Å². The minimum absolute atomic E-state index is 0.186. The molecule has 0 fully saturated rings. The van der Waals surface area contributed by atoms with Gasteiger partial charge in [-0.25, -0.2) is 4.98 Å². The molecule has 2 aromatic heterocycles. The summed E-state index contributed by atoms with van der Waals surface area (Å²) in [5, 5.41) is 4.68. The highest BCUT2D eigenvalue weighted by molar-refractivity contribution is 6.76. The molecule has 1 aromatic carbocycles. The molecule has 3 rings (SSSR count). The van der Waals surface area contributed by atoms with E-state index in [2.05, 4.69) is 34.9 Å². The van der Waals surface area contributed by atoms with Gasteiger partial charge < -0.3 is 14.6 Å². The maximum absolute atomic E-state index is 6.54. The van der Waals surface area contributed by atoms with Crippen molar-refractivity contribution in [3.05, 3.63) is 40.8 Å². The second-order valence-electron chi connectivity index (χ2n) is 7.67. The van der Waals surface area contributed by atoms with E-state index in [0.29, 0.717) is 23.1 Å². The smallest absolute Gasteiger partial charge is 0.224 e. The fourth-order valence-corrected chi connectivity index (χ4v) is 4.00. The van der Waals surface area contributed by atoms with E-state index in [1.807, 2.05) is 42.1 Å². The summed E-state index contributed by atoms with van der Waals surface area (Å²) >= 11 is 12.8. The second-order valence-corrected chi connectivity index (χ2v) is 14.0. The van der Waals surface area contributed by atoms with Gasteiger partial charge in [0.15, 0.2) is 0 Å². The van der Waals surface area contributed by atoms with Gasteiger partial charge in [-0.05, 0) is 29.8 Å². The lowest BCUT2D eigenvalue weighted by molar-refractivity contribution is 0.0899. The molecule has 1 N–H and O–H groups in total. The maximum Gasteiger partial charge on any atom is 0.224 e. The Morgan fingerprint density at radius 2 is 1.96 bits per heavy atom. The van der Waals surface area contributed by atoms with Crippen molar-refractivity contribution in [3.63, 3.8) is 0 Å². The predicted molar refractivity (Wildman–Crippen MR) is 117 cm³/mol. The molecule has 144 valence electrons. The van der Waals surface area contributed by atoms with E-state index in [4.69, 9.17) is 27.9 Å². The largest absolute Gasteiger partial charge is 0.388 e. The molecule has 0 amide bonds. The highest BCUT2D eigenvalue weighted by atomic mass is 35.5. The summed E-state index contributed by atoms with van der Waals surface area (Å²) in [6, 6.07) is 9.06. The first-order valence-electron chi connectivity index (χ1n) is 8.86. The molecular weight excluding hydrogens is 399 g/mol. The van der Waals surface area contributed by atoms with Crippen LogP contribution in [0.15, 0.2) is 30.5 Å². The monoisotopic (exact) mass is 422 g/mol. The zero-order valence-electron chi connectivity index (χ0n) is 16.0. The van der Waals surface area contributed by atoms with Crippen molar-refractivity contribution >= 4 is 48.0 Å². The number of rotatable bonds is 7. The molecule has 0 saturated heterocycles. The lowest BCUT2D eigenvalue weighted by atomic mass is 10.1. The number of aromatic nitrogens is 3. The first-order valence-corrected chi connectivity index (χ1v) is 13.3. The minimum atomic E-state index is -1.13. The van der Waals surface area contributed by atoms with Crippen LogP contribution in [0.5, 0.6) is 0 Å². The Morgan fingerprint density at radius 1 is 1.19 bits per heavy atom. The van der Waals surface area contributed by atoms with E-state index in [0.717, 1.165) is 29.3 Å². The SMILES string of the molecule is CNc1cccc(-c2nc(Cl)nc3c2c(Cl)cn3COCC[Si](C)(C)C)c1. The topological polar surface area (TPSA) is 52.0 Å². The molecule has 0 saturated carbocycles. The summed E-state index contributed by atoms with van der Waals surface area (Å²) in [7, 11) is 0.750. The van der Waals surface area contributed by atoms with Gasteiger partial charge in [-0.3, -0.25) is 0 Å². The molecule has 5 nitrogen and oxygen atoms in total. The van der Waals surface area contributed by atoms with Crippen molar-refractivity contribution in [3.8, 4) is 11.3 Å². The molecule has 0 unspecified atom stereocenters. The Balaban J connectivity index is 1.96. The zero-order valence-corrected chi connectivity index (χ0v) is 18.5. The van der Waals surface area contributed by atoms with Gasteiger partial charge in [0.05, 0.1) is 16.1 Å². The van der Waals surface area contributed by atoms with Crippen molar-refractivity contribution in [2.24, 2.45) is 0 Å². The summed E-state index contributed by atoms with van der Waals surface area (Å²) < 4.78 is 7.75. The summed E-state index contributed by atoms with van der Waals surface area (Å²) in [5.74, 6) is 0. The maximum atomic E-state index is 6.54. The van der Waals surface area contributed by atoms with E-state index in [1.54, 1.807) is 0 Å². The van der Waals surface area contributed by atoms with Crippen LogP contribution in [-0.2, 0) is 11.5 Å².